The fourth-order valence-electron chi connectivity index (χ4n) is 1.43. The number of hydrogen-bond donors (Lipinski definition) is 1. The van der Waals surface area contributed by atoms with Crippen LogP contribution >= 0.6 is 11.6 Å². The summed E-state index contributed by atoms with van der Waals surface area (Å²) in [5.41, 5.74) is 1.37. The van der Waals surface area contributed by atoms with E-state index >= 15 is 0 Å². The summed E-state index contributed by atoms with van der Waals surface area (Å²) >= 11 is 5.78. The maximum absolute atomic E-state index is 5.78. The van der Waals surface area contributed by atoms with Crippen molar-refractivity contribution in [2.45, 2.75) is 18.9 Å². The van der Waals surface area contributed by atoms with Crippen molar-refractivity contribution in [1.82, 2.24) is 5.32 Å². The second kappa shape index (κ2) is 3.46. The van der Waals surface area contributed by atoms with E-state index < -0.39 is 0 Å². The molecule has 1 heterocycles. The molecule has 1 aliphatic rings. The molecule has 0 radical (unpaired) electrons. The van der Waals surface area contributed by atoms with Crippen LogP contribution in [0, 0.1) is 0 Å². The Hall–Kier alpha value is -0.530. The highest BCUT2D eigenvalue weighted by Gasteiger charge is 2.15. The van der Waals surface area contributed by atoms with Crippen LogP contribution in [0.2, 0.25) is 5.02 Å². The predicted molar refractivity (Wildman–Crippen MR) is 51.6 cm³/mol. The van der Waals surface area contributed by atoms with Gasteiger partial charge in [-0.2, -0.15) is 0 Å². The second-order valence-electron chi connectivity index (χ2n) is 3.27. The van der Waals surface area contributed by atoms with Crippen molar-refractivity contribution >= 4 is 11.6 Å². The average molecular weight is 182 g/mol. The van der Waals surface area contributed by atoms with Gasteiger partial charge in [0.25, 0.3) is 0 Å². The second-order valence-corrected chi connectivity index (χ2v) is 3.71. The van der Waals surface area contributed by atoms with Crippen LogP contribution in [0.25, 0.3) is 0 Å². The van der Waals surface area contributed by atoms with Crippen LogP contribution in [0.1, 0.15) is 12.0 Å². The molecule has 0 aromatic heterocycles. The van der Waals surface area contributed by atoms with Gasteiger partial charge in [-0.05, 0) is 37.1 Å². The molecule has 1 aromatic rings. The predicted octanol–water partition coefficient (Wildman–Crippen LogP) is 2.24. The molecule has 0 spiro atoms. The Morgan fingerprint density at radius 2 is 2.00 bits per heavy atom. The molecule has 1 atom stereocenters. The van der Waals surface area contributed by atoms with Gasteiger partial charge in [-0.25, -0.2) is 0 Å². The van der Waals surface area contributed by atoms with Gasteiger partial charge in [0.2, 0.25) is 0 Å². The molecule has 64 valence electrons. The van der Waals surface area contributed by atoms with Crippen LogP contribution in [-0.2, 0) is 6.42 Å². The third-order valence-electron chi connectivity index (χ3n) is 2.32. The molecule has 0 bridgehead atoms. The summed E-state index contributed by atoms with van der Waals surface area (Å²) in [6, 6.07) is 8.81. The molecule has 1 aliphatic heterocycles. The van der Waals surface area contributed by atoms with Gasteiger partial charge < -0.3 is 5.32 Å². The van der Waals surface area contributed by atoms with Crippen molar-refractivity contribution in [3.8, 4) is 0 Å². The lowest BCUT2D eigenvalue weighted by Gasteiger charge is -2.27. The van der Waals surface area contributed by atoms with Crippen LogP contribution in [-0.4, -0.2) is 12.6 Å². The lowest BCUT2D eigenvalue weighted by Crippen LogP contribution is -2.44. The van der Waals surface area contributed by atoms with Crippen molar-refractivity contribution in [3.63, 3.8) is 0 Å². The largest absolute Gasteiger partial charge is 0.314 e. The van der Waals surface area contributed by atoms with Crippen molar-refractivity contribution < 1.29 is 0 Å². The van der Waals surface area contributed by atoms with E-state index in [4.69, 9.17) is 11.6 Å². The molecule has 1 nitrogen and oxygen atoms in total. The molecule has 2 rings (SSSR count). The van der Waals surface area contributed by atoms with Crippen molar-refractivity contribution in [2.75, 3.05) is 6.54 Å². The van der Waals surface area contributed by atoms with Gasteiger partial charge >= 0.3 is 0 Å². The molecule has 0 saturated carbocycles. The molecule has 1 unspecified atom stereocenters. The van der Waals surface area contributed by atoms with E-state index in [9.17, 15) is 0 Å². The summed E-state index contributed by atoms with van der Waals surface area (Å²) in [7, 11) is 0. The maximum atomic E-state index is 5.78. The van der Waals surface area contributed by atoms with Crippen LogP contribution in [0.15, 0.2) is 24.3 Å². The quantitative estimate of drug-likeness (QED) is 0.738. The van der Waals surface area contributed by atoms with Crippen LogP contribution in [0.4, 0.5) is 0 Å². The number of hydrogen-bond acceptors (Lipinski definition) is 1. The number of halogens is 1. The first kappa shape index (κ1) is 8.09. The van der Waals surface area contributed by atoms with E-state index in [1.807, 2.05) is 12.1 Å². The van der Waals surface area contributed by atoms with Gasteiger partial charge in [-0.1, -0.05) is 23.7 Å². The Labute approximate surface area is 77.7 Å². The van der Waals surface area contributed by atoms with E-state index in [-0.39, 0.29) is 0 Å². The molecule has 12 heavy (non-hydrogen) atoms. The van der Waals surface area contributed by atoms with Gasteiger partial charge in [-0.3, -0.25) is 0 Å². The van der Waals surface area contributed by atoms with Gasteiger partial charge in [0, 0.05) is 11.1 Å². The first-order valence-electron chi connectivity index (χ1n) is 4.32. The summed E-state index contributed by atoms with van der Waals surface area (Å²) < 4.78 is 0. The number of benzene rings is 1. The fraction of sp³-hybridized carbons (Fsp3) is 0.400. The minimum atomic E-state index is 0.700. The van der Waals surface area contributed by atoms with Gasteiger partial charge in [0.15, 0.2) is 0 Å². The van der Waals surface area contributed by atoms with Crippen molar-refractivity contribution in [3.05, 3.63) is 34.9 Å². The minimum absolute atomic E-state index is 0.700. The van der Waals surface area contributed by atoms with Crippen molar-refractivity contribution in [2.24, 2.45) is 0 Å². The molecule has 0 aliphatic carbocycles. The fourth-order valence-corrected chi connectivity index (χ4v) is 1.55. The van der Waals surface area contributed by atoms with Crippen LogP contribution in [0.5, 0.6) is 0 Å². The highest BCUT2D eigenvalue weighted by atomic mass is 35.5. The Kier molecular flexibility index (Phi) is 2.33. The zero-order valence-corrected chi connectivity index (χ0v) is 7.64. The first-order valence-corrected chi connectivity index (χ1v) is 4.70. The zero-order chi connectivity index (χ0) is 8.39. The van der Waals surface area contributed by atoms with E-state index in [1.165, 1.54) is 18.5 Å². The molecule has 0 amide bonds. The average Bonchev–Trinajstić information content (AvgIpc) is 2.00. The SMILES string of the molecule is Clc1ccc(CC2CCN2)cc1. The third-order valence-corrected chi connectivity index (χ3v) is 2.57. The van der Waals surface area contributed by atoms with Gasteiger partial charge in [-0.15, -0.1) is 0 Å². The molecule has 1 fully saturated rings. The van der Waals surface area contributed by atoms with Crippen molar-refractivity contribution in [1.29, 1.82) is 0 Å². The monoisotopic (exact) mass is 181 g/mol. The normalized spacial score (nSPS) is 21.9. The highest BCUT2D eigenvalue weighted by molar-refractivity contribution is 6.30. The third kappa shape index (κ3) is 1.79. The van der Waals surface area contributed by atoms with Crippen LogP contribution in [0.3, 0.4) is 0 Å². The Morgan fingerprint density at radius 1 is 1.33 bits per heavy atom. The maximum Gasteiger partial charge on any atom is 0.0406 e. The minimum Gasteiger partial charge on any atom is -0.314 e. The van der Waals surface area contributed by atoms with Gasteiger partial charge in [0.1, 0.15) is 0 Å². The summed E-state index contributed by atoms with van der Waals surface area (Å²) in [5, 5.41) is 4.20. The molecule has 1 N–H and O–H groups in total. The molecule has 1 saturated heterocycles. The summed E-state index contributed by atoms with van der Waals surface area (Å²) in [5.74, 6) is 0. The lowest BCUT2D eigenvalue weighted by molar-refractivity contribution is 0.369. The lowest BCUT2D eigenvalue weighted by atomic mass is 9.98. The Morgan fingerprint density at radius 3 is 2.50 bits per heavy atom. The molecule has 1 aromatic carbocycles. The van der Waals surface area contributed by atoms with E-state index in [2.05, 4.69) is 17.4 Å². The summed E-state index contributed by atoms with van der Waals surface area (Å²) in [6.45, 7) is 1.18. The number of nitrogens with one attached hydrogen (secondary N) is 1. The number of rotatable bonds is 2. The van der Waals surface area contributed by atoms with Gasteiger partial charge in [0.05, 0.1) is 0 Å². The summed E-state index contributed by atoms with van der Waals surface area (Å²) in [4.78, 5) is 0. The van der Waals surface area contributed by atoms with E-state index in [1.54, 1.807) is 0 Å². The summed E-state index contributed by atoms with van der Waals surface area (Å²) in [6.07, 6.45) is 2.44. The molecular weight excluding hydrogens is 170 g/mol. The smallest absolute Gasteiger partial charge is 0.0406 e. The van der Waals surface area contributed by atoms with E-state index in [0.717, 1.165) is 11.4 Å². The topological polar surface area (TPSA) is 12.0 Å². The Balaban J connectivity index is 1.98. The molecule has 2 heteroatoms. The molecular formula is C10H12ClN. The standard InChI is InChI=1S/C10H12ClN/c11-9-3-1-8(2-4-9)7-10-5-6-12-10/h1-4,10,12H,5-7H2. The first-order chi connectivity index (χ1) is 5.84. The van der Waals surface area contributed by atoms with Crippen LogP contribution < -0.4 is 5.32 Å². The van der Waals surface area contributed by atoms with E-state index in [0.29, 0.717) is 6.04 Å². The highest BCUT2D eigenvalue weighted by Crippen LogP contribution is 2.14. The Bertz CT molecular complexity index is 251. The zero-order valence-electron chi connectivity index (χ0n) is 6.89.